The summed E-state index contributed by atoms with van der Waals surface area (Å²) >= 11 is 1.55. The van der Waals surface area contributed by atoms with E-state index in [0.717, 1.165) is 16.3 Å². The summed E-state index contributed by atoms with van der Waals surface area (Å²) < 4.78 is 38.2. The van der Waals surface area contributed by atoms with Crippen molar-refractivity contribution >= 4 is 32.2 Å². The lowest BCUT2D eigenvalue weighted by Gasteiger charge is -2.25. The van der Waals surface area contributed by atoms with Crippen LogP contribution >= 0.6 is 11.3 Å². The molecule has 5 nitrogen and oxygen atoms in total. The maximum absolute atomic E-state index is 12.7. The molecule has 2 aliphatic rings. The molecule has 1 aromatic heterocycles. The molecule has 0 radical (unpaired) electrons. The molecule has 2 heterocycles. The zero-order chi connectivity index (χ0) is 15.0. The molecule has 1 aromatic rings. The highest BCUT2D eigenvalue weighted by molar-refractivity contribution is 7.89. The third kappa shape index (κ3) is 3.56. The van der Waals surface area contributed by atoms with E-state index in [2.05, 4.69) is 5.32 Å². The number of hydrogen-bond donors (Lipinski definition) is 1. The van der Waals surface area contributed by atoms with E-state index in [1.54, 1.807) is 17.4 Å². The van der Waals surface area contributed by atoms with Gasteiger partial charge < -0.3 is 5.32 Å². The summed E-state index contributed by atoms with van der Waals surface area (Å²) in [5, 5.41) is 3.41. The minimum absolute atomic E-state index is 0.361. The Balaban J connectivity index is 1.76. The summed E-state index contributed by atoms with van der Waals surface area (Å²) in [4.78, 5) is 2.33. The second-order valence-corrected chi connectivity index (χ2v) is 10.5. The van der Waals surface area contributed by atoms with Crippen LogP contribution in [0.2, 0.25) is 0 Å². The van der Waals surface area contributed by atoms with Crippen molar-refractivity contribution in [2.24, 2.45) is 0 Å². The van der Waals surface area contributed by atoms with Crippen LogP contribution in [0.15, 0.2) is 11.0 Å². The van der Waals surface area contributed by atoms with Gasteiger partial charge in [0, 0.05) is 57.7 Å². The monoisotopic (exact) mass is 348 g/mol. The van der Waals surface area contributed by atoms with Crippen molar-refractivity contribution in [3.05, 3.63) is 15.8 Å². The van der Waals surface area contributed by atoms with Crippen LogP contribution in [0.1, 0.15) is 22.6 Å². The molecule has 0 unspecified atom stereocenters. The van der Waals surface area contributed by atoms with Crippen LogP contribution < -0.4 is 5.32 Å². The Kier molecular flexibility index (Phi) is 4.52. The fourth-order valence-electron chi connectivity index (χ4n) is 2.40. The summed E-state index contributed by atoms with van der Waals surface area (Å²) in [5.41, 5.74) is 0. The van der Waals surface area contributed by atoms with E-state index in [1.165, 1.54) is 17.1 Å². The van der Waals surface area contributed by atoms with Crippen LogP contribution in [0, 0.1) is 6.92 Å². The number of aryl methyl sites for hydroxylation is 1. The normalized spacial score (nSPS) is 21.8. The molecule has 1 aliphatic heterocycles. The van der Waals surface area contributed by atoms with Gasteiger partial charge in [-0.2, -0.15) is 4.31 Å². The Hall–Kier alpha value is -0.280. The predicted molar refractivity (Wildman–Crippen MR) is 85.6 cm³/mol. The second kappa shape index (κ2) is 6.08. The Morgan fingerprint density at radius 1 is 1.38 bits per heavy atom. The molecule has 2 fully saturated rings. The molecule has 0 atom stereocenters. The highest BCUT2D eigenvalue weighted by Gasteiger charge is 2.30. The minimum atomic E-state index is -3.44. The van der Waals surface area contributed by atoms with E-state index >= 15 is 0 Å². The second-order valence-electron chi connectivity index (χ2n) is 5.54. The van der Waals surface area contributed by atoms with Gasteiger partial charge in [-0.25, -0.2) is 8.42 Å². The highest BCUT2D eigenvalue weighted by Crippen LogP contribution is 2.29. The number of nitrogens with zero attached hydrogens (tertiary/aromatic N) is 1. The maximum Gasteiger partial charge on any atom is 0.244 e. The topological polar surface area (TPSA) is 66.5 Å². The number of sulfonamides is 1. The summed E-state index contributed by atoms with van der Waals surface area (Å²) in [5.74, 6) is 0.886. The van der Waals surface area contributed by atoms with Crippen molar-refractivity contribution in [3.63, 3.8) is 0 Å². The van der Waals surface area contributed by atoms with Gasteiger partial charge in [-0.1, -0.05) is 0 Å². The number of hydrogen-bond acceptors (Lipinski definition) is 5. The summed E-state index contributed by atoms with van der Waals surface area (Å²) in [6, 6.07) is 2.42. The van der Waals surface area contributed by atoms with E-state index in [-0.39, 0.29) is 0 Å². The van der Waals surface area contributed by atoms with Gasteiger partial charge in [0.1, 0.15) is 0 Å². The van der Waals surface area contributed by atoms with E-state index < -0.39 is 20.8 Å². The van der Waals surface area contributed by atoms with E-state index in [1.807, 2.05) is 6.92 Å². The smallest absolute Gasteiger partial charge is 0.244 e. The van der Waals surface area contributed by atoms with Gasteiger partial charge in [0.2, 0.25) is 10.0 Å². The number of thiophene rings is 1. The van der Waals surface area contributed by atoms with Crippen LogP contribution in [-0.2, 0) is 27.4 Å². The zero-order valence-corrected chi connectivity index (χ0v) is 14.5. The molecular weight excluding hydrogens is 328 g/mol. The average Bonchev–Trinajstić information content (AvgIpc) is 3.19. The number of nitrogens with one attached hydrogen (secondary N) is 1. The molecule has 1 N–H and O–H groups in total. The fraction of sp³-hybridized carbons (Fsp3) is 0.692. The zero-order valence-electron chi connectivity index (χ0n) is 12.0. The SMILES string of the molecule is Cc1sc(CNC2CC2)cc1S(=O)(=O)N1CCS(=O)CC1. The summed E-state index contributed by atoms with van der Waals surface area (Å²) in [6.07, 6.45) is 2.45. The van der Waals surface area contributed by atoms with Crippen LogP contribution in [0.25, 0.3) is 0 Å². The summed E-state index contributed by atoms with van der Waals surface area (Å²) in [7, 11) is -4.30. The Morgan fingerprint density at radius 2 is 2.05 bits per heavy atom. The summed E-state index contributed by atoms with van der Waals surface area (Å²) in [6.45, 7) is 3.33. The quantitative estimate of drug-likeness (QED) is 0.864. The van der Waals surface area contributed by atoms with Gasteiger partial charge in [0.15, 0.2) is 0 Å². The first-order valence-electron chi connectivity index (χ1n) is 7.14. The van der Waals surface area contributed by atoms with Gasteiger partial charge in [0.25, 0.3) is 0 Å². The van der Waals surface area contributed by atoms with E-state index in [4.69, 9.17) is 0 Å². The fourth-order valence-corrected chi connectivity index (χ4v) is 6.68. The first kappa shape index (κ1) is 15.6. The van der Waals surface area contributed by atoms with Gasteiger partial charge in [-0.15, -0.1) is 11.3 Å². The maximum atomic E-state index is 12.7. The predicted octanol–water partition coefficient (Wildman–Crippen LogP) is 1.06. The third-order valence-corrected chi connectivity index (χ3v) is 8.30. The van der Waals surface area contributed by atoms with Crippen molar-refractivity contribution in [3.8, 4) is 0 Å². The molecule has 1 saturated carbocycles. The Bertz CT molecular complexity index is 640. The number of rotatable bonds is 5. The van der Waals surface area contributed by atoms with Crippen LogP contribution in [0.5, 0.6) is 0 Å². The van der Waals surface area contributed by atoms with Crippen molar-refractivity contribution in [1.82, 2.24) is 9.62 Å². The highest BCUT2D eigenvalue weighted by atomic mass is 32.2. The van der Waals surface area contributed by atoms with Gasteiger partial charge in [0.05, 0.1) is 4.90 Å². The molecule has 0 bridgehead atoms. The van der Waals surface area contributed by atoms with E-state index in [0.29, 0.717) is 35.5 Å². The van der Waals surface area contributed by atoms with E-state index in [9.17, 15) is 12.6 Å². The molecule has 118 valence electrons. The molecule has 1 saturated heterocycles. The Morgan fingerprint density at radius 3 is 2.67 bits per heavy atom. The standard InChI is InChI=1S/C13H20N2O3S3/c1-10-13(8-12(19-10)9-14-11-2-3-11)21(17,18)15-4-6-20(16)7-5-15/h8,11,14H,2-7,9H2,1H3. The van der Waals surface area contributed by atoms with Gasteiger partial charge in [-0.3, -0.25) is 4.21 Å². The van der Waals surface area contributed by atoms with Crippen molar-refractivity contribution < 1.29 is 12.6 Å². The van der Waals surface area contributed by atoms with Crippen molar-refractivity contribution in [2.75, 3.05) is 24.6 Å². The lowest BCUT2D eigenvalue weighted by atomic mass is 10.4. The minimum Gasteiger partial charge on any atom is -0.309 e. The Labute approximate surface area is 132 Å². The molecular formula is C13H20N2O3S3. The lowest BCUT2D eigenvalue weighted by molar-refractivity contribution is 0.438. The van der Waals surface area contributed by atoms with Crippen LogP contribution in [0.4, 0.5) is 0 Å². The molecule has 8 heteroatoms. The van der Waals surface area contributed by atoms with Crippen LogP contribution in [-0.4, -0.2) is 47.6 Å². The largest absolute Gasteiger partial charge is 0.309 e. The molecule has 1 aliphatic carbocycles. The molecule has 21 heavy (non-hydrogen) atoms. The third-order valence-electron chi connectivity index (χ3n) is 3.82. The molecule has 0 spiro atoms. The first-order valence-corrected chi connectivity index (χ1v) is 10.9. The van der Waals surface area contributed by atoms with Crippen molar-refractivity contribution in [1.29, 1.82) is 0 Å². The van der Waals surface area contributed by atoms with Gasteiger partial charge >= 0.3 is 0 Å². The first-order chi connectivity index (χ1) is 9.96. The van der Waals surface area contributed by atoms with Crippen molar-refractivity contribution in [2.45, 2.75) is 37.2 Å². The molecule has 0 aromatic carbocycles. The lowest BCUT2D eigenvalue weighted by Crippen LogP contribution is -2.41. The van der Waals surface area contributed by atoms with Crippen LogP contribution in [0.3, 0.4) is 0 Å². The molecule has 3 rings (SSSR count). The average molecular weight is 349 g/mol. The van der Waals surface area contributed by atoms with Gasteiger partial charge in [-0.05, 0) is 25.8 Å². The molecule has 0 amide bonds.